The van der Waals surface area contributed by atoms with E-state index in [1.54, 1.807) is 19.2 Å². The second-order valence-electron chi connectivity index (χ2n) is 7.58. The summed E-state index contributed by atoms with van der Waals surface area (Å²) in [4.78, 5) is 19.3. The van der Waals surface area contributed by atoms with Gasteiger partial charge in [0.25, 0.3) is 5.91 Å². The van der Waals surface area contributed by atoms with Crippen LogP contribution >= 0.6 is 11.6 Å². The van der Waals surface area contributed by atoms with Crippen molar-refractivity contribution in [1.82, 2.24) is 4.98 Å². The molecule has 0 spiro atoms. The minimum absolute atomic E-state index is 0.0716. The van der Waals surface area contributed by atoms with Gasteiger partial charge in [0.2, 0.25) is 0 Å². The maximum absolute atomic E-state index is 13.7. The van der Waals surface area contributed by atoms with E-state index >= 15 is 0 Å². The van der Waals surface area contributed by atoms with Crippen LogP contribution in [0, 0.1) is 29.6 Å². The number of anilines is 1. The number of benzene rings is 2. The summed E-state index contributed by atoms with van der Waals surface area (Å²) in [7, 11) is 3.16. The summed E-state index contributed by atoms with van der Waals surface area (Å²) >= 11 is 6.55. The Bertz CT molecular complexity index is 1340. The van der Waals surface area contributed by atoms with Crippen molar-refractivity contribution in [2.24, 2.45) is 0 Å². The van der Waals surface area contributed by atoms with Gasteiger partial charge in [0.15, 0.2) is 0 Å². The SMILES string of the molecule is COc1cccc(C)c1N(C)C(=O)c1cc(-c2cnc(C#N)cc2C#N)c(Cl)cc1OCCCO. The molecule has 0 aliphatic carbocycles. The van der Waals surface area contributed by atoms with Crippen LogP contribution < -0.4 is 14.4 Å². The molecule has 0 aliphatic rings. The number of aryl methyl sites for hydroxylation is 1. The first-order valence-electron chi connectivity index (χ1n) is 10.7. The number of pyridine rings is 1. The zero-order chi connectivity index (χ0) is 25.5. The van der Waals surface area contributed by atoms with E-state index in [0.29, 0.717) is 29.0 Å². The fourth-order valence-electron chi connectivity index (χ4n) is 3.63. The number of methoxy groups -OCH3 is 1. The Morgan fingerprint density at radius 2 is 1.94 bits per heavy atom. The normalized spacial score (nSPS) is 10.3. The maximum atomic E-state index is 13.7. The molecule has 1 N–H and O–H groups in total. The van der Waals surface area contributed by atoms with Crippen molar-refractivity contribution in [3.8, 4) is 34.8 Å². The van der Waals surface area contributed by atoms with Gasteiger partial charge in [0.1, 0.15) is 23.3 Å². The summed E-state index contributed by atoms with van der Waals surface area (Å²) in [6, 6.07) is 13.8. The third-order valence-corrected chi connectivity index (χ3v) is 5.66. The molecule has 0 saturated heterocycles. The summed E-state index contributed by atoms with van der Waals surface area (Å²) in [5.41, 5.74) is 2.68. The summed E-state index contributed by atoms with van der Waals surface area (Å²) in [6.45, 7) is 1.97. The van der Waals surface area contributed by atoms with Crippen LogP contribution in [0.3, 0.4) is 0 Å². The second-order valence-corrected chi connectivity index (χ2v) is 7.99. The van der Waals surface area contributed by atoms with Crippen molar-refractivity contribution in [2.75, 3.05) is 32.3 Å². The molecule has 8 nitrogen and oxygen atoms in total. The Balaban J connectivity index is 2.18. The average molecular weight is 491 g/mol. The minimum atomic E-state index is -0.394. The fraction of sp³-hybridized carbons (Fsp3) is 0.231. The molecule has 9 heteroatoms. The van der Waals surface area contributed by atoms with Gasteiger partial charge in [0, 0.05) is 43.5 Å². The van der Waals surface area contributed by atoms with Crippen LogP contribution in [0.15, 0.2) is 42.6 Å². The van der Waals surface area contributed by atoms with Gasteiger partial charge in [-0.1, -0.05) is 23.7 Å². The number of ether oxygens (including phenoxy) is 2. The highest BCUT2D eigenvalue weighted by Crippen LogP contribution is 2.38. The van der Waals surface area contributed by atoms with Crippen LogP contribution in [0.4, 0.5) is 5.69 Å². The van der Waals surface area contributed by atoms with Gasteiger partial charge >= 0.3 is 0 Å². The number of aliphatic hydroxyl groups excluding tert-OH is 1. The van der Waals surface area contributed by atoms with E-state index in [4.69, 9.17) is 31.4 Å². The fourth-order valence-corrected chi connectivity index (χ4v) is 3.88. The monoisotopic (exact) mass is 490 g/mol. The quantitative estimate of drug-likeness (QED) is 0.461. The number of carbonyl (C=O) groups excluding carboxylic acids is 1. The van der Waals surface area contributed by atoms with Crippen LogP contribution in [0.5, 0.6) is 11.5 Å². The van der Waals surface area contributed by atoms with Crippen molar-refractivity contribution in [3.63, 3.8) is 0 Å². The number of para-hydroxylation sites is 1. The third-order valence-electron chi connectivity index (χ3n) is 5.35. The first-order valence-corrected chi connectivity index (χ1v) is 11.0. The highest BCUT2D eigenvalue weighted by Gasteiger charge is 2.25. The Morgan fingerprint density at radius 3 is 2.60 bits per heavy atom. The lowest BCUT2D eigenvalue weighted by Crippen LogP contribution is -2.28. The molecular formula is C26H23ClN4O4. The van der Waals surface area contributed by atoms with Crippen LogP contribution in [-0.4, -0.2) is 43.4 Å². The molecule has 2 aromatic carbocycles. The van der Waals surface area contributed by atoms with E-state index < -0.39 is 5.91 Å². The van der Waals surface area contributed by atoms with Crippen molar-refractivity contribution in [2.45, 2.75) is 13.3 Å². The molecule has 178 valence electrons. The zero-order valence-electron chi connectivity index (χ0n) is 19.5. The number of nitriles is 2. The standard InChI is InChI=1S/C26H23ClN4O4/c1-16-6-4-7-23(34-3)25(16)31(2)26(33)20-11-19(22(27)12-24(20)35-9-5-8-32)21-15-30-18(14-29)10-17(21)13-28/h4,6-7,10-12,15,32H,5,8-9H2,1-3H3. The van der Waals surface area contributed by atoms with Crippen LogP contribution in [0.1, 0.15) is 33.6 Å². The molecule has 0 bridgehead atoms. The Kier molecular flexibility index (Phi) is 8.27. The van der Waals surface area contributed by atoms with E-state index in [-0.39, 0.29) is 40.8 Å². The molecule has 3 rings (SSSR count). The lowest BCUT2D eigenvalue weighted by Gasteiger charge is -2.24. The number of hydrogen-bond acceptors (Lipinski definition) is 7. The van der Waals surface area contributed by atoms with Crippen molar-refractivity contribution in [1.29, 1.82) is 10.5 Å². The minimum Gasteiger partial charge on any atom is -0.495 e. The van der Waals surface area contributed by atoms with E-state index in [1.165, 1.54) is 30.3 Å². The number of hydrogen-bond donors (Lipinski definition) is 1. The van der Waals surface area contributed by atoms with E-state index in [1.807, 2.05) is 25.1 Å². The highest BCUT2D eigenvalue weighted by molar-refractivity contribution is 6.34. The van der Waals surface area contributed by atoms with Crippen LogP contribution in [0.25, 0.3) is 11.1 Å². The van der Waals surface area contributed by atoms with E-state index in [0.717, 1.165) is 5.56 Å². The number of carbonyl (C=O) groups is 1. The van der Waals surface area contributed by atoms with Crippen molar-refractivity contribution in [3.05, 3.63) is 70.0 Å². The predicted octanol–water partition coefficient (Wildman–Crippen LogP) is 4.50. The Labute approximate surface area is 208 Å². The first-order chi connectivity index (χ1) is 16.9. The van der Waals surface area contributed by atoms with Gasteiger partial charge in [0.05, 0.1) is 41.6 Å². The number of halogens is 1. The molecule has 0 aliphatic heterocycles. The molecule has 3 aromatic rings. The lowest BCUT2D eigenvalue weighted by molar-refractivity contribution is 0.0988. The number of aliphatic hydroxyl groups is 1. The van der Waals surface area contributed by atoms with E-state index in [2.05, 4.69) is 11.1 Å². The molecule has 1 amide bonds. The molecule has 0 unspecified atom stereocenters. The summed E-state index contributed by atoms with van der Waals surface area (Å²) in [6.07, 6.45) is 1.75. The molecule has 0 radical (unpaired) electrons. The van der Waals surface area contributed by atoms with E-state index in [9.17, 15) is 10.1 Å². The molecule has 1 heterocycles. The van der Waals surface area contributed by atoms with Gasteiger partial charge in [-0.2, -0.15) is 10.5 Å². The number of nitrogens with zero attached hydrogens (tertiary/aromatic N) is 4. The summed E-state index contributed by atoms with van der Waals surface area (Å²) in [5.74, 6) is 0.368. The first kappa shape index (κ1) is 25.5. The number of rotatable bonds is 8. The van der Waals surface area contributed by atoms with Crippen LogP contribution in [-0.2, 0) is 0 Å². The number of aromatic nitrogens is 1. The van der Waals surface area contributed by atoms with Crippen molar-refractivity contribution < 1.29 is 19.4 Å². The summed E-state index contributed by atoms with van der Waals surface area (Å²) < 4.78 is 11.3. The largest absolute Gasteiger partial charge is 0.495 e. The second kappa shape index (κ2) is 11.3. The smallest absolute Gasteiger partial charge is 0.261 e. The lowest BCUT2D eigenvalue weighted by atomic mass is 9.98. The zero-order valence-corrected chi connectivity index (χ0v) is 20.3. The maximum Gasteiger partial charge on any atom is 0.261 e. The van der Waals surface area contributed by atoms with Crippen LogP contribution in [0.2, 0.25) is 5.02 Å². The molecular weight excluding hydrogens is 468 g/mol. The Hall–Kier alpha value is -4.11. The molecule has 0 saturated carbocycles. The Morgan fingerprint density at radius 1 is 1.17 bits per heavy atom. The topological polar surface area (TPSA) is 119 Å². The molecule has 0 atom stereocenters. The average Bonchev–Trinajstić information content (AvgIpc) is 2.87. The van der Waals surface area contributed by atoms with Crippen molar-refractivity contribution >= 4 is 23.2 Å². The third kappa shape index (κ3) is 5.36. The molecule has 35 heavy (non-hydrogen) atoms. The van der Waals surface area contributed by atoms with Gasteiger partial charge in [-0.15, -0.1) is 0 Å². The van der Waals surface area contributed by atoms with Gasteiger partial charge in [-0.25, -0.2) is 4.98 Å². The van der Waals surface area contributed by atoms with Gasteiger partial charge in [-0.3, -0.25) is 4.79 Å². The van der Waals surface area contributed by atoms with Gasteiger partial charge in [-0.05, 0) is 30.7 Å². The number of amides is 1. The predicted molar refractivity (Wildman–Crippen MR) is 132 cm³/mol. The van der Waals surface area contributed by atoms with Gasteiger partial charge < -0.3 is 19.5 Å². The molecule has 0 fully saturated rings. The molecule has 1 aromatic heterocycles. The highest BCUT2D eigenvalue weighted by atomic mass is 35.5. The summed E-state index contributed by atoms with van der Waals surface area (Å²) in [5, 5.41) is 28.1.